The van der Waals surface area contributed by atoms with E-state index in [1.165, 1.54) is 0 Å². The largest absolute Gasteiger partial charge is 0.461 e. The highest BCUT2D eigenvalue weighted by Gasteiger charge is 2.13. The van der Waals surface area contributed by atoms with Crippen molar-refractivity contribution in [2.24, 2.45) is 0 Å². The van der Waals surface area contributed by atoms with Gasteiger partial charge < -0.3 is 4.74 Å². The van der Waals surface area contributed by atoms with Crippen molar-refractivity contribution in [2.75, 3.05) is 6.61 Å². The SMILES string of the molecule is CCOC(=O)c1pnc2ccc(C)cn12. The third-order valence-electron chi connectivity index (χ3n) is 2.01. The lowest BCUT2D eigenvalue weighted by atomic mass is 10.3. The Morgan fingerprint density at radius 2 is 2.40 bits per heavy atom. The van der Waals surface area contributed by atoms with Crippen molar-refractivity contribution in [1.82, 2.24) is 9.15 Å². The number of carbonyl (C=O) groups excluding carboxylic acids is 1. The van der Waals surface area contributed by atoms with Gasteiger partial charge in [0.25, 0.3) is 0 Å². The first-order valence-corrected chi connectivity index (χ1v) is 5.55. The third-order valence-corrected chi connectivity index (χ3v) is 2.90. The Balaban J connectivity index is 2.52. The van der Waals surface area contributed by atoms with Gasteiger partial charge in [-0.3, -0.25) is 4.40 Å². The van der Waals surface area contributed by atoms with Crippen molar-refractivity contribution in [3.05, 3.63) is 29.3 Å². The van der Waals surface area contributed by atoms with Crippen LogP contribution in [0.4, 0.5) is 0 Å². The maximum absolute atomic E-state index is 11.6. The molecule has 0 atom stereocenters. The molecule has 0 bridgehead atoms. The van der Waals surface area contributed by atoms with Crippen LogP contribution in [0.2, 0.25) is 0 Å². The van der Waals surface area contributed by atoms with E-state index in [0.717, 1.165) is 11.2 Å². The number of rotatable bonds is 2. The number of carbonyl (C=O) groups is 1. The van der Waals surface area contributed by atoms with E-state index in [-0.39, 0.29) is 5.97 Å². The van der Waals surface area contributed by atoms with E-state index in [9.17, 15) is 4.79 Å². The summed E-state index contributed by atoms with van der Waals surface area (Å²) in [5.74, 6) is -0.294. The maximum atomic E-state index is 11.6. The van der Waals surface area contributed by atoms with Gasteiger partial charge >= 0.3 is 5.97 Å². The summed E-state index contributed by atoms with van der Waals surface area (Å²) in [6.45, 7) is 4.16. The molecule has 0 saturated carbocycles. The van der Waals surface area contributed by atoms with Gasteiger partial charge in [-0.1, -0.05) is 6.07 Å². The molecule has 0 fully saturated rings. The first-order valence-electron chi connectivity index (χ1n) is 4.71. The van der Waals surface area contributed by atoms with Gasteiger partial charge in [0, 0.05) is 6.20 Å². The fraction of sp³-hybridized carbons (Fsp3) is 0.300. The van der Waals surface area contributed by atoms with Crippen molar-refractivity contribution in [3.8, 4) is 0 Å². The number of aryl methyl sites for hydroxylation is 1. The van der Waals surface area contributed by atoms with Gasteiger partial charge in [-0.15, -0.1) is 0 Å². The zero-order valence-corrected chi connectivity index (χ0v) is 9.49. The van der Waals surface area contributed by atoms with Crippen LogP contribution in [0.15, 0.2) is 18.3 Å². The highest BCUT2D eigenvalue weighted by Crippen LogP contribution is 2.18. The van der Waals surface area contributed by atoms with Gasteiger partial charge in [0.05, 0.1) is 15.0 Å². The molecule has 0 saturated heterocycles. The second-order valence-electron chi connectivity index (χ2n) is 3.18. The minimum absolute atomic E-state index is 0.294. The molecule has 0 amide bonds. The Hall–Kier alpha value is -1.41. The van der Waals surface area contributed by atoms with Gasteiger partial charge in [-0.05, 0) is 25.5 Å². The van der Waals surface area contributed by atoms with Crippen molar-refractivity contribution < 1.29 is 9.53 Å². The number of hydrogen-bond acceptors (Lipinski definition) is 3. The second kappa shape index (κ2) is 3.99. The van der Waals surface area contributed by atoms with Crippen molar-refractivity contribution in [2.45, 2.75) is 13.8 Å². The molecule has 0 radical (unpaired) electrons. The summed E-state index contributed by atoms with van der Waals surface area (Å²) in [4.78, 5) is 11.6. The molecular formula is C10H11N2O2P. The van der Waals surface area contributed by atoms with Crippen LogP contribution < -0.4 is 0 Å². The number of nitrogens with zero attached hydrogens (tertiary/aromatic N) is 2. The topological polar surface area (TPSA) is 43.6 Å². The number of esters is 1. The molecule has 78 valence electrons. The standard InChI is InChI=1S/C10H11N2O2P/c1-3-14-10(13)9-12-6-7(2)4-5-8(12)11-15-9/h4-6H,3H2,1-2H3. The number of aromatic nitrogens is 2. The van der Waals surface area contributed by atoms with Gasteiger partial charge in [0.15, 0.2) is 5.43 Å². The Bertz CT molecular complexity index is 507. The van der Waals surface area contributed by atoms with Crippen molar-refractivity contribution >= 4 is 20.0 Å². The van der Waals surface area contributed by atoms with Gasteiger partial charge in [0.1, 0.15) is 5.65 Å². The molecule has 0 spiro atoms. The molecule has 0 aliphatic carbocycles. The number of pyridine rings is 1. The van der Waals surface area contributed by atoms with E-state index in [1.54, 1.807) is 11.3 Å². The van der Waals surface area contributed by atoms with Crippen molar-refractivity contribution in [1.29, 1.82) is 0 Å². The van der Waals surface area contributed by atoms with E-state index in [1.807, 2.05) is 25.3 Å². The molecule has 0 aromatic carbocycles. The quantitative estimate of drug-likeness (QED) is 0.733. The summed E-state index contributed by atoms with van der Waals surface area (Å²) in [5.41, 5.74) is 2.45. The lowest BCUT2D eigenvalue weighted by molar-refractivity contribution is 0.0524. The van der Waals surface area contributed by atoms with Crippen LogP contribution in [-0.2, 0) is 4.74 Å². The molecule has 2 heterocycles. The molecular weight excluding hydrogens is 211 g/mol. The highest BCUT2D eigenvalue weighted by atomic mass is 31.0. The van der Waals surface area contributed by atoms with E-state index >= 15 is 0 Å². The zero-order chi connectivity index (χ0) is 10.8. The Labute approximate surface area is 89.1 Å². The molecule has 2 rings (SSSR count). The molecule has 15 heavy (non-hydrogen) atoms. The van der Waals surface area contributed by atoms with Gasteiger partial charge in [-0.2, -0.15) is 0 Å². The molecule has 0 aliphatic rings. The Morgan fingerprint density at radius 1 is 1.60 bits per heavy atom. The van der Waals surface area contributed by atoms with E-state index < -0.39 is 0 Å². The second-order valence-corrected chi connectivity index (χ2v) is 4.00. The maximum Gasteiger partial charge on any atom is 0.361 e. The number of ether oxygens (including phenoxy) is 1. The first-order chi connectivity index (χ1) is 7.22. The monoisotopic (exact) mass is 222 g/mol. The molecule has 0 unspecified atom stereocenters. The summed E-state index contributed by atoms with van der Waals surface area (Å²) in [7, 11) is 0.656. The van der Waals surface area contributed by atoms with Crippen molar-refractivity contribution in [3.63, 3.8) is 0 Å². The normalized spacial score (nSPS) is 11.1. The van der Waals surface area contributed by atoms with Crippen LogP contribution in [0.3, 0.4) is 0 Å². The molecule has 0 aliphatic heterocycles. The minimum atomic E-state index is -0.294. The van der Waals surface area contributed by atoms with E-state index in [0.29, 0.717) is 20.4 Å². The molecule has 2 aromatic rings. The smallest absolute Gasteiger partial charge is 0.361 e. The van der Waals surface area contributed by atoms with E-state index in [2.05, 4.69) is 4.75 Å². The average molecular weight is 222 g/mol. The Kier molecular flexibility index (Phi) is 2.69. The number of fused-ring (bicyclic) bond motifs is 1. The van der Waals surface area contributed by atoms with Crippen LogP contribution in [0, 0.1) is 6.92 Å². The summed E-state index contributed by atoms with van der Waals surface area (Å²) >= 11 is 0. The fourth-order valence-electron chi connectivity index (χ4n) is 1.33. The van der Waals surface area contributed by atoms with Gasteiger partial charge in [0.2, 0.25) is 0 Å². The Morgan fingerprint density at radius 3 is 3.13 bits per heavy atom. The van der Waals surface area contributed by atoms with Crippen LogP contribution in [-0.4, -0.2) is 21.7 Å². The lowest BCUT2D eigenvalue weighted by Crippen LogP contribution is -2.06. The highest BCUT2D eigenvalue weighted by molar-refractivity contribution is 7.28. The fourth-order valence-corrected chi connectivity index (χ4v) is 2.09. The minimum Gasteiger partial charge on any atom is -0.461 e. The first kappa shape index (κ1) is 10.1. The summed E-state index contributed by atoms with van der Waals surface area (Å²) in [6.07, 6.45) is 1.89. The predicted octanol–water partition coefficient (Wildman–Crippen LogP) is 2.40. The van der Waals surface area contributed by atoms with E-state index in [4.69, 9.17) is 4.74 Å². The predicted molar refractivity (Wildman–Crippen MR) is 58.4 cm³/mol. The van der Waals surface area contributed by atoms with Crippen LogP contribution >= 0.6 is 8.35 Å². The van der Waals surface area contributed by atoms with Crippen LogP contribution in [0.1, 0.15) is 22.7 Å². The lowest BCUT2D eigenvalue weighted by Gasteiger charge is -2.01. The molecule has 0 N–H and O–H groups in total. The third kappa shape index (κ3) is 1.85. The van der Waals surface area contributed by atoms with Gasteiger partial charge in [-0.25, -0.2) is 9.54 Å². The molecule has 2 aromatic heterocycles. The zero-order valence-electron chi connectivity index (χ0n) is 8.60. The summed E-state index contributed by atoms with van der Waals surface area (Å²) in [5, 5.41) is 0. The summed E-state index contributed by atoms with van der Waals surface area (Å²) < 4.78 is 11.0. The number of hydrogen-bond donors (Lipinski definition) is 0. The van der Waals surface area contributed by atoms with Crippen LogP contribution in [0.25, 0.3) is 5.65 Å². The average Bonchev–Trinajstić information content (AvgIpc) is 2.60. The molecule has 5 heteroatoms. The van der Waals surface area contributed by atoms with Crippen LogP contribution in [0.5, 0.6) is 0 Å². The molecule has 4 nitrogen and oxygen atoms in total. The summed E-state index contributed by atoms with van der Waals surface area (Å²) in [6, 6.07) is 3.87.